The minimum absolute atomic E-state index is 0.315. The van der Waals surface area contributed by atoms with E-state index in [0.717, 1.165) is 11.1 Å². The van der Waals surface area contributed by atoms with Gasteiger partial charge in [-0.2, -0.15) is 0 Å². The number of carbonyl (C=O) groups is 1. The van der Waals surface area contributed by atoms with Crippen LogP contribution in [0.3, 0.4) is 0 Å². The van der Waals surface area contributed by atoms with Crippen molar-refractivity contribution in [2.75, 3.05) is 5.32 Å². The van der Waals surface area contributed by atoms with Gasteiger partial charge in [-0.05, 0) is 18.6 Å². The molecule has 0 saturated carbocycles. The summed E-state index contributed by atoms with van der Waals surface area (Å²) in [5, 5.41) is 2.51. The molecule has 0 atom stereocenters. The van der Waals surface area contributed by atoms with E-state index in [1.54, 1.807) is 6.20 Å². The monoisotopic (exact) mass is 164 g/mol. The molecule has 4 nitrogen and oxygen atoms in total. The molecule has 0 unspecified atom stereocenters. The highest BCUT2D eigenvalue weighted by Crippen LogP contribution is 2.18. The first-order valence-electron chi connectivity index (χ1n) is 3.65. The molecular weight excluding hydrogens is 156 g/mol. The average molecular weight is 164 g/mol. The van der Waals surface area contributed by atoms with Gasteiger partial charge in [0.2, 0.25) is 0 Å². The van der Waals surface area contributed by atoms with E-state index in [2.05, 4.69) is 10.3 Å². The summed E-state index contributed by atoms with van der Waals surface area (Å²) in [5.74, 6) is 0.608. The van der Waals surface area contributed by atoms with Crippen molar-refractivity contribution in [1.82, 2.24) is 4.98 Å². The molecule has 1 aliphatic rings. The molecule has 4 heteroatoms. The van der Waals surface area contributed by atoms with Gasteiger partial charge in [0.25, 0.3) is 0 Å². The summed E-state index contributed by atoms with van der Waals surface area (Å²) >= 11 is 0. The minimum atomic E-state index is -0.432. The van der Waals surface area contributed by atoms with Crippen LogP contribution in [0.15, 0.2) is 12.3 Å². The molecule has 0 fully saturated rings. The molecule has 1 aromatic heterocycles. The second kappa shape index (κ2) is 2.48. The maximum Gasteiger partial charge on any atom is 0.413 e. The van der Waals surface area contributed by atoms with Crippen molar-refractivity contribution in [2.24, 2.45) is 0 Å². The van der Waals surface area contributed by atoms with Crippen LogP contribution in [0.5, 0.6) is 0 Å². The lowest BCUT2D eigenvalue weighted by atomic mass is 10.2. The van der Waals surface area contributed by atoms with E-state index in [9.17, 15) is 4.79 Å². The maximum atomic E-state index is 10.7. The van der Waals surface area contributed by atoms with E-state index >= 15 is 0 Å². The molecule has 1 aromatic rings. The van der Waals surface area contributed by atoms with E-state index in [0.29, 0.717) is 12.4 Å². The number of nitrogens with one attached hydrogen (secondary N) is 1. The molecule has 0 radical (unpaired) electrons. The Kier molecular flexibility index (Phi) is 1.46. The number of cyclic esters (lactones) is 1. The molecule has 0 aromatic carbocycles. The third-order valence-corrected chi connectivity index (χ3v) is 1.68. The van der Waals surface area contributed by atoms with E-state index in [4.69, 9.17) is 4.74 Å². The van der Waals surface area contributed by atoms with E-state index in [1.165, 1.54) is 0 Å². The Balaban J connectivity index is 2.43. The maximum absolute atomic E-state index is 10.7. The van der Waals surface area contributed by atoms with Crippen molar-refractivity contribution in [3.05, 3.63) is 23.4 Å². The first-order chi connectivity index (χ1) is 5.75. The molecule has 0 spiro atoms. The summed E-state index contributed by atoms with van der Waals surface area (Å²) in [6.45, 7) is 2.26. The van der Waals surface area contributed by atoms with Crippen molar-refractivity contribution in [3.63, 3.8) is 0 Å². The van der Waals surface area contributed by atoms with E-state index in [1.807, 2.05) is 13.0 Å². The summed E-state index contributed by atoms with van der Waals surface area (Å²) in [6, 6.07) is 1.95. The van der Waals surface area contributed by atoms with Gasteiger partial charge in [-0.1, -0.05) is 0 Å². The number of rotatable bonds is 0. The molecule has 1 N–H and O–H groups in total. The number of carbonyl (C=O) groups excluding carboxylic acids is 1. The zero-order valence-corrected chi connectivity index (χ0v) is 6.63. The molecule has 12 heavy (non-hydrogen) atoms. The fraction of sp³-hybridized carbons (Fsp3) is 0.250. The number of nitrogens with zero attached hydrogens (tertiary/aromatic N) is 1. The van der Waals surface area contributed by atoms with Gasteiger partial charge in [0, 0.05) is 11.8 Å². The fourth-order valence-corrected chi connectivity index (χ4v) is 1.13. The van der Waals surface area contributed by atoms with Gasteiger partial charge in [0.05, 0.1) is 0 Å². The molecule has 0 aliphatic carbocycles. The SMILES string of the molecule is Cc1cnc2c(c1)COC(=O)N2. The number of aromatic nitrogens is 1. The standard InChI is InChI=1S/C8H8N2O2/c1-5-2-6-4-12-8(11)10-7(6)9-3-5/h2-3H,4H2,1H3,(H,9,10,11). The Bertz CT molecular complexity index is 336. The Morgan fingerprint density at radius 3 is 3.33 bits per heavy atom. The Morgan fingerprint density at radius 2 is 2.50 bits per heavy atom. The van der Waals surface area contributed by atoms with Gasteiger partial charge in [-0.3, -0.25) is 5.32 Å². The highest BCUT2D eigenvalue weighted by molar-refractivity contribution is 5.85. The van der Waals surface area contributed by atoms with Crippen LogP contribution in [0, 0.1) is 6.92 Å². The van der Waals surface area contributed by atoms with Crippen LogP contribution in [0.1, 0.15) is 11.1 Å². The van der Waals surface area contributed by atoms with Crippen LogP contribution in [0.4, 0.5) is 10.6 Å². The summed E-state index contributed by atoms with van der Waals surface area (Å²) in [5.41, 5.74) is 1.99. The van der Waals surface area contributed by atoms with E-state index in [-0.39, 0.29) is 0 Å². The molecule has 2 heterocycles. The van der Waals surface area contributed by atoms with E-state index < -0.39 is 6.09 Å². The van der Waals surface area contributed by atoms with Crippen LogP contribution < -0.4 is 5.32 Å². The van der Waals surface area contributed by atoms with Crippen LogP contribution in [-0.4, -0.2) is 11.1 Å². The summed E-state index contributed by atoms with van der Waals surface area (Å²) < 4.78 is 4.77. The molecule has 2 rings (SSSR count). The van der Waals surface area contributed by atoms with Crippen molar-refractivity contribution in [1.29, 1.82) is 0 Å². The first-order valence-corrected chi connectivity index (χ1v) is 3.65. The first kappa shape index (κ1) is 7.09. The van der Waals surface area contributed by atoms with Gasteiger partial charge >= 0.3 is 6.09 Å². The Labute approximate surface area is 69.6 Å². The number of anilines is 1. The number of pyridine rings is 1. The molecule has 1 aliphatic heterocycles. The Morgan fingerprint density at radius 1 is 1.67 bits per heavy atom. The van der Waals surface area contributed by atoms with Crippen molar-refractivity contribution < 1.29 is 9.53 Å². The largest absolute Gasteiger partial charge is 0.444 e. The third kappa shape index (κ3) is 1.11. The summed E-state index contributed by atoms with van der Waals surface area (Å²) in [7, 11) is 0. The lowest BCUT2D eigenvalue weighted by Crippen LogP contribution is -2.21. The molecule has 62 valence electrons. The average Bonchev–Trinajstić information content (AvgIpc) is 2.05. The second-order valence-corrected chi connectivity index (χ2v) is 2.72. The summed E-state index contributed by atoms with van der Waals surface area (Å²) in [6.07, 6.45) is 1.28. The Hall–Kier alpha value is -1.58. The highest BCUT2D eigenvalue weighted by atomic mass is 16.5. The van der Waals surface area contributed by atoms with Crippen molar-refractivity contribution in [3.8, 4) is 0 Å². The van der Waals surface area contributed by atoms with Gasteiger partial charge in [0.15, 0.2) is 0 Å². The minimum Gasteiger partial charge on any atom is -0.444 e. The highest BCUT2D eigenvalue weighted by Gasteiger charge is 2.15. The topological polar surface area (TPSA) is 51.2 Å². The van der Waals surface area contributed by atoms with Gasteiger partial charge < -0.3 is 4.74 Å². The zero-order chi connectivity index (χ0) is 8.55. The van der Waals surface area contributed by atoms with Crippen LogP contribution in [0.2, 0.25) is 0 Å². The number of hydrogen-bond acceptors (Lipinski definition) is 3. The zero-order valence-electron chi connectivity index (χ0n) is 6.63. The van der Waals surface area contributed by atoms with Gasteiger partial charge in [0.1, 0.15) is 12.4 Å². The lowest BCUT2D eigenvalue weighted by Gasteiger charge is -2.15. The predicted octanol–water partition coefficient (Wildman–Crippen LogP) is 1.45. The quantitative estimate of drug-likeness (QED) is 0.631. The predicted molar refractivity (Wildman–Crippen MR) is 42.8 cm³/mol. The molecular formula is C8H8N2O2. The van der Waals surface area contributed by atoms with Gasteiger partial charge in [-0.15, -0.1) is 0 Å². The van der Waals surface area contributed by atoms with Crippen LogP contribution >= 0.6 is 0 Å². The van der Waals surface area contributed by atoms with Gasteiger partial charge in [-0.25, -0.2) is 9.78 Å². The molecule has 0 bridgehead atoms. The van der Waals surface area contributed by atoms with Crippen LogP contribution in [-0.2, 0) is 11.3 Å². The number of fused-ring (bicyclic) bond motifs is 1. The smallest absolute Gasteiger partial charge is 0.413 e. The molecule has 0 saturated heterocycles. The molecule has 1 amide bonds. The van der Waals surface area contributed by atoms with Crippen molar-refractivity contribution >= 4 is 11.9 Å². The second-order valence-electron chi connectivity index (χ2n) is 2.72. The fourth-order valence-electron chi connectivity index (χ4n) is 1.13. The number of hydrogen-bond donors (Lipinski definition) is 1. The summed E-state index contributed by atoms with van der Waals surface area (Å²) in [4.78, 5) is 14.8. The van der Waals surface area contributed by atoms with Crippen LogP contribution in [0.25, 0.3) is 0 Å². The normalized spacial score (nSPS) is 14.6. The van der Waals surface area contributed by atoms with Crippen molar-refractivity contribution in [2.45, 2.75) is 13.5 Å². The third-order valence-electron chi connectivity index (χ3n) is 1.68. The number of ether oxygens (including phenoxy) is 1. The lowest BCUT2D eigenvalue weighted by molar-refractivity contribution is 0.151. The number of amides is 1. The number of aryl methyl sites for hydroxylation is 1.